The molecule has 19 nitrogen and oxygen atoms in total. The van der Waals surface area contributed by atoms with Gasteiger partial charge in [-0.1, -0.05) is 209 Å². The Morgan fingerprint density at radius 3 is 1.29 bits per heavy atom. The highest BCUT2D eigenvalue weighted by molar-refractivity contribution is 5.76. The van der Waals surface area contributed by atoms with E-state index in [2.05, 4.69) is 67.8 Å². The van der Waals surface area contributed by atoms with E-state index < -0.39 is 124 Å². The van der Waals surface area contributed by atoms with Gasteiger partial charge in [-0.3, -0.25) is 4.79 Å². The van der Waals surface area contributed by atoms with Crippen molar-refractivity contribution in [1.82, 2.24) is 5.32 Å². The van der Waals surface area contributed by atoms with Crippen LogP contribution in [0, 0.1) is 0 Å². The van der Waals surface area contributed by atoms with Crippen LogP contribution in [0.2, 0.25) is 0 Å². The Labute approximate surface area is 503 Å². The van der Waals surface area contributed by atoms with Gasteiger partial charge in [0.25, 0.3) is 0 Å². The number of carbonyl (C=O) groups excluding carboxylic acids is 1. The predicted molar refractivity (Wildman–Crippen MR) is 323 cm³/mol. The second-order valence-corrected chi connectivity index (χ2v) is 23.2. The lowest BCUT2D eigenvalue weighted by molar-refractivity contribution is -0.379. The number of hydrogen-bond acceptors (Lipinski definition) is 18. The number of aliphatic hydroxyl groups is 11. The highest BCUT2D eigenvalue weighted by Crippen LogP contribution is 2.33. The summed E-state index contributed by atoms with van der Waals surface area (Å²) in [5.74, 6) is -0.280. The molecular weight excluding hydrogens is 1080 g/mol. The van der Waals surface area contributed by atoms with Crippen molar-refractivity contribution in [3.05, 3.63) is 60.8 Å². The summed E-state index contributed by atoms with van der Waals surface area (Å²) < 4.78 is 34.3. The first-order valence-electron chi connectivity index (χ1n) is 32.5. The van der Waals surface area contributed by atoms with Gasteiger partial charge in [-0.25, -0.2) is 0 Å². The lowest BCUT2D eigenvalue weighted by atomic mass is 9.96. The van der Waals surface area contributed by atoms with E-state index in [0.717, 1.165) is 77.0 Å². The highest BCUT2D eigenvalue weighted by Gasteiger charge is 2.53. The van der Waals surface area contributed by atoms with Crippen LogP contribution in [0.4, 0.5) is 0 Å². The van der Waals surface area contributed by atoms with Gasteiger partial charge in [0.15, 0.2) is 18.9 Å². The molecule has 0 aromatic heterocycles. The first-order chi connectivity index (χ1) is 40.8. The van der Waals surface area contributed by atoms with Crippen LogP contribution >= 0.6 is 0 Å². The summed E-state index contributed by atoms with van der Waals surface area (Å²) in [5, 5.41) is 120. The Hall–Kier alpha value is -2.51. The van der Waals surface area contributed by atoms with Crippen molar-refractivity contribution in [2.45, 2.75) is 317 Å². The molecule has 488 valence electrons. The quantitative estimate of drug-likeness (QED) is 0.0211. The fourth-order valence-corrected chi connectivity index (χ4v) is 10.8. The van der Waals surface area contributed by atoms with Gasteiger partial charge in [-0.05, 0) is 57.8 Å². The Balaban J connectivity index is 1.44. The monoisotopic (exact) mass is 1200 g/mol. The molecule has 0 aromatic rings. The van der Waals surface area contributed by atoms with Gasteiger partial charge in [-0.15, -0.1) is 0 Å². The SMILES string of the molecule is CC/C=C\C/C=C\C/C=C\C/C=C\CCCCCCCCCCCCCCC(=O)NC(COC1OC(CO)C(OC2OC(CO)C(OC3OC(CO)C(O)C(O)C3O)C(O)C2O)C(O)C1O)C(O)/C=C/CCCCCCCCCCCCCC. The van der Waals surface area contributed by atoms with Gasteiger partial charge < -0.3 is 89.9 Å². The molecule has 3 heterocycles. The second kappa shape index (κ2) is 47.5. The topological polar surface area (TPSA) is 307 Å². The maximum Gasteiger partial charge on any atom is 0.220 e. The number of unbranched alkanes of at least 4 members (excludes halogenated alkanes) is 24. The van der Waals surface area contributed by atoms with Gasteiger partial charge in [0.1, 0.15) is 73.2 Å². The van der Waals surface area contributed by atoms with Crippen molar-refractivity contribution in [1.29, 1.82) is 0 Å². The predicted octanol–water partition coefficient (Wildman–Crippen LogP) is 7.21. The number of rotatable bonds is 48. The van der Waals surface area contributed by atoms with Crippen LogP contribution in [0.1, 0.15) is 213 Å². The van der Waals surface area contributed by atoms with E-state index in [4.69, 9.17) is 28.4 Å². The molecule has 0 aromatic carbocycles. The van der Waals surface area contributed by atoms with Crippen molar-refractivity contribution >= 4 is 5.91 Å². The van der Waals surface area contributed by atoms with E-state index >= 15 is 0 Å². The Kier molecular flexibility index (Phi) is 42.8. The zero-order valence-corrected chi connectivity index (χ0v) is 51.1. The van der Waals surface area contributed by atoms with Gasteiger partial charge in [0.05, 0.1) is 38.6 Å². The molecule has 12 N–H and O–H groups in total. The molecule has 3 rings (SSSR count). The largest absolute Gasteiger partial charge is 0.394 e. The van der Waals surface area contributed by atoms with Crippen molar-refractivity contribution in [3.8, 4) is 0 Å². The number of allylic oxidation sites excluding steroid dienone is 9. The highest BCUT2D eigenvalue weighted by atomic mass is 16.8. The molecule has 17 unspecified atom stereocenters. The Bertz CT molecular complexity index is 1770. The zero-order valence-electron chi connectivity index (χ0n) is 51.1. The first kappa shape index (κ1) is 75.7. The normalized spacial score (nSPS) is 29.6. The van der Waals surface area contributed by atoms with Crippen molar-refractivity contribution in [3.63, 3.8) is 0 Å². The molecule has 19 heteroatoms. The van der Waals surface area contributed by atoms with E-state index in [0.29, 0.717) is 6.42 Å². The average Bonchev–Trinajstić information content (AvgIpc) is 3.68. The fourth-order valence-electron chi connectivity index (χ4n) is 10.8. The van der Waals surface area contributed by atoms with E-state index in [-0.39, 0.29) is 18.9 Å². The van der Waals surface area contributed by atoms with Gasteiger partial charge in [-0.2, -0.15) is 0 Å². The van der Waals surface area contributed by atoms with Crippen molar-refractivity contribution in [2.75, 3.05) is 26.4 Å². The van der Waals surface area contributed by atoms with Gasteiger partial charge >= 0.3 is 0 Å². The summed E-state index contributed by atoms with van der Waals surface area (Å²) in [5.41, 5.74) is 0. The molecule has 84 heavy (non-hydrogen) atoms. The molecule has 0 saturated carbocycles. The molecule has 0 spiro atoms. The fraction of sp³-hybridized carbons (Fsp3) is 0.831. The smallest absolute Gasteiger partial charge is 0.220 e. The number of ether oxygens (including phenoxy) is 6. The molecule has 3 saturated heterocycles. The Morgan fingerprint density at radius 2 is 0.821 bits per heavy atom. The van der Waals surface area contributed by atoms with Crippen LogP contribution in [0.3, 0.4) is 0 Å². The maximum atomic E-state index is 13.4. The minimum atomic E-state index is -1.98. The third kappa shape index (κ3) is 30.1. The van der Waals surface area contributed by atoms with Crippen LogP contribution in [-0.2, 0) is 33.2 Å². The average molecular weight is 1200 g/mol. The molecular formula is C65H115NO18. The van der Waals surface area contributed by atoms with Crippen molar-refractivity contribution in [2.24, 2.45) is 0 Å². The number of nitrogens with one attached hydrogen (secondary N) is 1. The van der Waals surface area contributed by atoms with E-state index in [9.17, 15) is 61.0 Å². The minimum Gasteiger partial charge on any atom is -0.394 e. The standard InChI is InChI=1S/C65H115NO18/c1-3-5-7-9-11-13-15-17-19-20-21-22-23-24-25-26-27-28-29-31-33-35-37-39-41-43-53(71)66-48(49(70)42-40-38-36-34-32-30-18-16-14-12-10-8-6-4-2)47-79-63-59(77)56(74)61(51(45-68)81-63)84-65-60(78)57(75)62(52(46-69)82-65)83-64-58(76)55(73)54(72)50(44-67)80-64/h5,7,11,13,17,19,21-22,40,42,48-52,54-65,67-70,72-78H,3-4,6,8-10,12,14-16,18,20,23-39,41,43-47H2,1-2H3,(H,66,71)/b7-5-,13-11-,19-17-,22-21-,42-40+. The van der Waals surface area contributed by atoms with Crippen LogP contribution < -0.4 is 5.32 Å². The van der Waals surface area contributed by atoms with E-state index in [1.807, 2.05) is 6.08 Å². The minimum absolute atomic E-state index is 0.239. The van der Waals surface area contributed by atoms with Crippen LogP contribution in [0.15, 0.2) is 60.8 Å². The third-order valence-corrected chi connectivity index (χ3v) is 16.1. The number of amides is 1. The van der Waals surface area contributed by atoms with Crippen LogP contribution in [0.25, 0.3) is 0 Å². The molecule has 0 radical (unpaired) electrons. The summed E-state index contributed by atoms with van der Waals surface area (Å²) in [4.78, 5) is 13.4. The third-order valence-electron chi connectivity index (χ3n) is 16.1. The van der Waals surface area contributed by atoms with Gasteiger partial charge in [0.2, 0.25) is 5.91 Å². The second-order valence-electron chi connectivity index (χ2n) is 23.2. The summed E-state index contributed by atoms with van der Waals surface area (Å²) in [6.45, 7) is 1.61. The number of carbonyl (C=O) groups is 1. The zero-order chi connectivity index (χ0) is 61.2. The summed E-state index contributed by atoms with van der Waals surface area (Å²) in [7, 11) is 0. The number of hydrogen-bond donors (Lipinski definition) is 12. The summed E-state index contributed by atoms with van der Waals surface area (Å²) in [6, 6.07) is -0.975. The Morgan fingerprint density at radius 1 is 0.440 bits per heavy atom. The van der Waals surface area contributed by atoms with Crippen LogP contribution in [0.5, 0.6) is 0 Å². The lowest BCUT2D eigenvalue weighted by Crippen LogP contribution is -2.66. The van der Waals surface area contributed by atoms with Crippen molar-refractivity contribution < 1.29 is 89.4 Å². The molecule has 3 aliphatic heterocycles. The number of aliphatic hydroxyl groups excluding tert-OH is 11. The first-order valence-corrected chi connectivity index (χ1v) is 32.5. The lowest BCUT2D eigenvalue weighted by Gasteiger charge is -2.48. The van der Waals surface area contributed by atoms with E-state index in [1.54, 1.807) is 6.08 Å². The van der Waals surface area contributed by atoms with Crippen LogP contribution in [-0.4, -0.2) is 193 Å². The molecule has 0 bridgehead atoms. The molecule has 17 atom stereocenters. The molecule has 3 aliphatic rings. The summed E-state index contributed by atoms with van der Waals surface area (Å²) >= 11 is 0. The summed E-state index contributed by atoms with van der Waals surface area (Å²) in [6.07, 6.45) is 29.1. The molecule has 0 aliphatic carbocycles. The van der Waals surface area contributed by atoms with Gasteiger partial charge in [0, 0.05) is 6.42 Å². The molecule has 1 amide bonds. The molecule has 3 fully saturated rings. The maximum absolute atomic E-state index is 13.4. The van der Waals surface area contributed by atoms with E-state index in [1.165, 1.54) is 109 Å².